The highest BCUT2D eigenvalue weighted by Gasteiger charge is 2.30. The molecule has 1 N–H and O–H groups in total. The number of thioether (sulfide) groups is 1. The van der Waals surface area contributed by atoms with E-state index in [1.165, 1.54) is 34.3 Å². The maximum atomic E-state index is 12.3. The molecule has 0 aliphatic heterocycles. The average Bonchev–Trinajstić information content (AvgIpc) is 2.97. The average molecular weight is 423 g/mol. The number of hydrogen-bond acceptors (Lipinski definition) is 3. The van der Waals surface area contributed by atoms with Crippen LogP contribution in [0.4, 0.5) is 13.2 Å². The van der Waals surface area contributed by atoms with E-state index in [9.17, 15) is 13.2 Å². The van der Waals surface area contributed by atoms with Crippen LogP contribution in [0.3, 0.4) is 0 Å². The van der Waals surface area contributed by atoms with Gasteiger partial charge in [-0.25, -0.2) is 0 Å². The molecule has 0 atom stereocenters. The van der Waals surface area contributed by atoms with Gasteiger partial charge in [0.2, 0.25) is 0 Å². The molecule has 0 saturated heterocycles. The second-order valence-electron chi connectivity index (χ2n) is 7.37. The Bertz CT molecular complexity index is 949. The zero-order chi connectivity index (χ0) is 21.0. The summed E-state index contributed by atoms with van der Waals surface area (Å²) in [6, 6.07) is 12.5. The molecule has 156 valence electrons. The van der Waals surface area contributed by atoms with Crippen molar-refractivity contribution in [3.8, 4) is 5.75 Å². The van der Waals surface area contributed by atoms with Crippen molar-refractivity contribution in [3.05, 3.63) is 64.8 Å². The van der Waals surface area contributed by atoms with Crippen LogP contribution in [0.15, 0.2) is 42.5 Å². The molecular weight excluding hydrogens is 397 g/mol. The van der Waals surface area contributed by atoms with E-state index in [0.29, 0.717) is 0 Å². The summed E-state index contributed by atoms with van der Waals surface area (Å²) >= 11 is 1.76. The Hall–Kier alpha value is -2.12. The molecule has 3 rings (SSSR count). The molecule has 0 saturated carbocycles. The van der Waals surface area contributed by atoms with Gasteiger partial charge in [-0.05, 0) is 56.4 Å². The molecular formula is C22H25F3N2OS. The predicted molar refractivity (Wildman–Crippen MR) is 113 cm³/mol. The number of H-pyrrole nitrogens is 1. The Balaban J connectivity index is 1.69. The van der Waals surface area contributed by atoms with Gasteiger partial charge < -0.3 is 14.6 Å². The number of hydrogen-bond donors (Lipinski definition) is 1. The first-order valence-corrected chi connectivity index (χ1v) is 10.5. The lowest BCUT2D eigenvalue weighted by Crippen LogP contribution is -2.16. The molecule has 0 amide bonds. The van der Waals surface area contributed by atoms with E-state index in [1.807, 2.05) is 0 Å². The van der Waals surface area contributed by atoms with Crippen molar-refractivity contribution in [2.24, 2.45) is 0 Å². The lowest BCUT2D eigenvalue weighted by Gasteiger charge is -2.11. The first-order chi connectivity index (χ1) is 13.7. The van der Waals surface area contributed by atoms with Crippen molar-refractivity contribution in [1.82, 2.24) is 9.88 Å². The predicted octanol–water partition coefficient (Wildman–Crippen LogP) is 5.91. The number of alkyl halides is 3. The fourth-order valence-corrected chi connectivity index (χ4v) is 4.25. The SMILES string of the molecule is Cc1ccc2[nH]c(CCN(C)C)c(CSCc3ccc(OC(F)(F)F)cc3)c2c1. The normalized spacial score (nSPS) is 12.1. The van der Waals surface area contributed by atoms with Crippen LogP contribution in [0, 0.1) is 6.92 Å². The van der Waals surface area contributed by atoms with Crippen LogP contribution in [-0.2, 0) is 17.9 Å². The second-order valence-corrected chi connectivity index (χ2v) is 8.35. The van der Waals surface area contributed by atoms with Crippen LogP contribution < -0.4 is 4.74 Å². The fourth-order valence-electron chi connectivity index (χ4n) is 3.19. The molecule has 1 heterocycles. The Morgan fingerprint density at radius 1 is 1.03 bits per heavy atom. The van der Waals surface area contributed by atoms with Gasteiger partial charge >= 0.3 is 6.36 Å². The van der Waals surface area contributed by atoms with Gasteiger partial charge in [-0.1, -0.05) is 23.8 Å². The third-order valence-electron chi connectivity index (χ3n) is 4.63. The summed E-state index contributed by atoms with van der Waals surface area (Å²) in [5.41, 5.74) is 5.90. The number of rotatable bonds is 8. The maximum Gasteiger partial charge on any atom is 0.573 e. The summed E-state index contributed by atoms with van der Waals surface area (Å²) in [7, 11) is 4.13. The smallest absolute Gasteiger partial charge is 0.406 e. The molecule has 0 aliphatic carbocycles. The van der Waals surface area contributed by atoms with Crippen LogP contribution in [-0.4, -0.2) is 36.9 Å². The van der Waals surface area contributed by atoms with Gasteiger partial charge in [0.15, 0.2) is 0 Å². The first kappa shape index (κ1) is 21.6. The Labute approximate surface area is 173 Å². The van der Waals surface area contributed by atoms with E-state index in [0.717, 1.165) is 35.6 Å². The summed E-state index contributed by atoms with van der Waals surface area (Å²) in [5, 5.41) is 1.25. The zero-order valence-corrected chi connectivity index (χ0v) is 17.6. The number of fused-ring (bicyclic) bond motifs is 1. The summed E-state index contributed by atoms with van der Waals surface area (Å²) in [6.45, 7) is 3.05. The minimum atomic E-state index is -4.66. The van der Waals surface area contributed by atoms with Crippen molar-refractivity contribution in [1.29, 1.82) is 0 Å². The summed E-state index contributed by atoms with van der Waals surface area (Å²) in [5.74, 6) is 1.37. The highest BCUT2D eigenvalue weighted by atomic mass is 32.2. The van der Waals surface area contributed by atoms with Crippen LogP contribution in [0.1, 0.15) is 22.4 Å². The molecule has 0 radical (unpaired) electrons. The highest BCUT2D eigenvalue weighted by molar-refractivity contribution is 7.97. The van der Waals surface area contributed by atoms with E-state index in [1.54, 1.807) is 23.9 Å². The van der Waals surface area contributed by atoms with E-state index in [4.69, 9.17) is 0 Å². The quantitative estimate of drug-likeness (QED) is 0.489. The third-order valence-corrected chi connectivity index (χ3v) is 5.66. The molecule has 1 aromatic heterocycles. The van der Waals surface area contributed by atoms with Crippen LogP contribution in [0.25, 0.3) is 10.9 Å². The minimum absolute atomic E-state index is 0.190. The number of benzene rings is 2. The van der Waals surface area contributed by atoms with Gasteiger partial charge in [-0.15, -0.1) is 13.2 Å². The van der Waals surface area contributed by atoms with E-state index >= 15 is 0 Å². The van der Waals surface area contributed by atoms with E-state index < -0.39 is 6.36 Å². The van der Waals surface area contributed by atoms with Gasteiger partial charge in [0.25, 0.3) is 0 Å². The largest absolute Gasteiger partial charge is 0.573 e. The summed E-state index contributed by atoms with van der Waals surface area (Å²) < 4.78 is 40.8. The van der Waals surface area contributed by atoms with Crippen molar-refractivity contribution in [2.45, 2.75) is 31.2 Å². The van der Waals surface area contributed by atoms with Crippen LogP contribution >= 0.6 is 11.8 Å². The zero-order valence-electron chi connectivity index (χ0n) is 16.8. The van der Waals surface area contributed by atoms with Gasteiger partial charge in [-0.3, -0.25) is 0 Å². The van der Waals surface area contributed by atoms with Crippen LogP contribution in [0.2, 0.25) is 0 Å². The van der Waals surface area contributed by atoms with Gasteiger partial charge in [0, 0.05) is 41.1 Å². The van der Waals surface area contributed by atoms with E-state index in [-0.39, 0.29) is 5.75 Å². The lowest BCUT2D eigenvalue weighted by atomic mass is 10.1. The summed E-state index contributed by atoms with van der Waals surface area (Å²) in [4.78, 5) is 5.73. The number of aromatic nitrogens is 1. The molecule has 3 nitrogen and oxygen atoms in total. The van der Waals surface area contributed by atoms with Crippen molar-refractivity contribution in [3.63, 3.8) is 0 Å². The van der Waals surface area contributed by atoms with Gasteiger partial charge in [-0.2, -0.15) is 11.8 Å². The number of ether oxygens (including phenoxy) is 1. The fraction of sp³-hybridized carbons (Fsp3) is 0.364. The van der Waals surface area contributed by atoms with Crippen molar-refractivity contribution >= 4 is 22.7 Å². The summed E-state index contributed by atoms with van der Waals surface area (Å²) in [6.07, 6.45) is -3.72. The third kappa shape index (κ3) is 6.18. The number of aryl methyl sites for hydroxylation is 1. The molecule has 0 spiro atoms. The number of nitrogens with zero attached hydrogens (tertiary/aromatic N) is 1. The van der Waals surface area contributed by atoms with Crippen molar-refractivity contribution < 1.29 is 17.9 Å². The molecule has 3 aromatic rings. The number of aromatic amines is 1. The Kier molecular flexibility index (Phi) is 6.80. The van der Waals surface area contributed by atoms with Crippen molar-refractivity contribution in [2.75, 3.05) is 20.6 Å². The highest BCUT2D eigenvalue weighted by Crippen LogP contribution is 2.30. The van der Waals surface area contributed by atoms with E-state index in [2.05, 4.69) is 53.8 Å². The minimum Gasteiger partial charge on any atom is -0.406 e. The maximum absolute atomic E-state index is 12.3. The Morgan fingerprint density at radius 3 is 2.41 bits per heavy atom. The lowest BCUT2D eigenvalue weighted by molar-refractivity contribution is -0.274. The molecule has 7 heteroatoms. The van der Waals surface area contributed by atoms with Crippen LogP contribution in [0.5, 0.6) is 5.75 Å². The molecule has 0 unspecified atom stereocenters. The molecule has 29 heavy (non-hydrogen) atoms. The topological polar surface area (TPSA) is 28.3 Å². The monoisotopic (exact) mass is 422 g/mol. The molecule has 0 bridgehead atoms. The molecule has 0 fully saturated rings. The number of nitrogens with one attached hydrogen (secondary N) is 1. The first-order valence-electron chi connectivity index (χ1n) is 9.38. The Morgan fingerprint density at radius 2 is 1.76 bits per heavy atom. The molecule has 0 aliphatic rings. The number of likely N-dealkylation sites (N-methyl/N-ethyl adjacent to an activating group) is 1. The van der Waals surface area contributed by atoms with Gasteiger partial charge in [0.05, 0.1) is 0 Å². The standard InChI is InChI=1S/C22H25F3N2OS/c1-15-4-9-20-18(12-15)19(21(26-20)10-11-27(2)3)14-29-13-16-5-7-17(8-6-16)28-22(23,24)25/h4-9,12,26H,10-11,13-14H2,1-3H3. The van der Waals surface area contributed by atoms with Gasteiger partial charge in [0.1, 0.15) is 5.75 Å². The molecule has 2 aromatic carbocycles. The second kappa shape index (κ2) is 9.13. The number of halogens is 3.